The number of nitrogens with zero attached hydrogens (tertiary/aromatic N) is 3. The first kappa shape index (κ1) is 17.1. The highest BCUT2D eigenvalue weighted by atomic mass is 16.5. The molecule has 3 atom stereocenters. The molecule has 7 nitrogen and oxygen atoms in total. The summed E-state index contributed by atoms with van der Waals surface area (Å²) >= 11 is 0. The molecule has 26 heavy (non-hydrogen) atoms. The number of fused-ring (bicyclic) bond motifs is 1. The molecule has 0 radical (unpaired) electrons. The molecule has 3 aromatic rings. The van der Waals surface area contributed by atoms with E-state index in [-0.39, 0.29) is 12.1 Å². The van der Waals surface area contributed by atoms with Gasteiger partial charge in [-0.1, -0.05) is 18.2 Å². The van der Waals surface area contributed by atoms with Gasteiger partial charge in [-0.25, -0.2) is 0 Å². The monoisotopic (exact) mass is 355 g/mol. The zero-order chi connectivity index (χ0) is 17.9. The Kier molecular flexibility index (Phi) is 4.90. The van der Waals surface area contributed by atoms with Crippen LogP contribution in [-0.2, 0) is 18.2 Å². The Hall–Kier alpha value is -2.38. The summed E-state index contributed by atoms with van der Waals surface area (Å²) in [6.07, 6.45) is 5.60. The molecule has 7 heteroatoms. The van der Waals surface area contributed by atoms with E-state index in [1.165, 1.54) is 11.1 Å². The highest BCUT2D eigenvalue weighted by Gasteiger charge is 2.31. The van der Waals surface area contributed by atoms with E-state index >= 15 is 0 Å². The number of ether oxygens (including phenoxy) is 2. The van der Waals surface area contributed by atoms with Gasteiger partial charge in [-0.2, -0.15) is 10.2 Å². The number of benzene rings is 1. The molecule has 0 aliphatic carbocycles. The normalized spacial score (nSPS) is 21.3. The number of hydrogen-bond donors (Lipinski definition) is 2. The van der Waals surface area contributed by atoms with Crippen LogP contribution in [-0.4, -0.2) is 51.4 Å². The molecule has 0 spiro atoms. The van der Waals surface area contributed by atoms with E-state index in [1.807, 2.05) is 25.4 Å². The van der Waals surface area contributed by atoms with Gasteiger partial charge >= 0.3 is 0 Å². The van der Waals surface area contributed by atoms with Gasteiger partial charge in [0.05, 0.1) is 37.2 Å². The van der Waals surface area contributed by atoms with E-state index in [1.54, 1.807) is 10.9 Å². The smallest absolute Gasteiger partial charge is 0.157 e. The lowest BCUT2D eigenvalue weighted by Gasteiger charge is -2.23. The number of para-hydroxylation sites is 1. The average molecular weight is 355 g/mol. The highest BCUT2D eigenvalue weighted by molar-refractivity contribution is 5.81. The zero-order valence-electron chi connectivity index (χ0n) is 15.2. The van der Waals surface area contributed by atoms with E-state index in [2.05, 4.69) is 39.7 Å². The predicted molar refractivity (Wildman–Crippen MR) is 99.2 cm³/mol. The number of rotatable bonds is 7. The summed E-state index contributed by atoms with van der Waals surface area (Å²) in [4.78, 5) is 0. The second-order valence-electron chi connectivity index (χ2n) is 6.98. The third-order valence-electron chi connectivity index (χ3n) is 4.86. The topological polar surface area (TPSA) is 77.0 Å². The van der Waals surface area contributed by atoms with Gasteiger partial charge in [0.15, 0.2) is 5.75 Å². The van der Waals surface area contributed by atoms with Crippen LogP contribution in [0.15, 0.2) is 36.7 Å². The summed E-state index contributed by atoms with van der Waals surface area (Å²) in [5.74, 6) is 0.784. The number of aryl methyl sites for hydroxylation is 2. The number of hydrogen-bond acceptors (Lipinski definition) is 5. The van der Waals surface area contributed by atoms with Crippen LogP contribution in [0.5, 0.6) is 5.75 Å². The standard InChI is InChI=1S/C19H25N5O2/c1-13(7-8-17-15-5-3-4-6-16(15)22-23-17)21-18-11-25-12-19(18)26-14-9-20-24(2)10-14/h3-6,9-10,13,18-19,21H,7-8,11-12H2,1-2H3,(H,22,23)/t13?,18-,19+/m0/s1. The minimum atomic E-state index is 0.00892. The fourth-order valence-electron chi connectivity index (χ4n) is 3.46. The molecule has 0 saturated carbocycles. The summed E-state index contributed by atoms with van der Waals surface area (Å²) in [6.45, 7) is 3.48. The lowest BCUT2D eigenvalue weighted by molar-refractivity contribution is 0.138. The Morgan fingerprint density at radius 2 is 2.27 bits per heavy atom. The Morgan fingerprint density at radius 3 is 3.12 bits per heavy atom. The molecule has 1 unspecified atom stereocenters. The maximum absolute atomic E-state index is 6.03. The third kappa shape index (κ3) is 3.73. The van der Waals surface area contributed by atoms with E-state index in [0.29, 0.717) is 19.3 Å². The van der Waals surface area contributed by atoms with Crippen LogP contribution < -0.4 is 10.1 Å². The number of nitrogens with one attached hydrogen (secondary N) is 2. The van der Waals surface area contributed by atoms with Crippen molar-refractivity contribution in [2.24, 2.45) is 7.05 Å². The summed E-state index contributed by atoms with van der Waals surface area (Å²) in [7, 11) is 1.88. The summed E-state index contributed by atoms with van der Waals surface area (Å²) < 4.78 is 13.4. The third-order valence-corrected chi connectivity index (χ3v) is 4.86. The van der Waals surface area contributed by atoms with Crippen LogP contribution in [0, 0.1) is 0 Å². The molecule has 1 aliphatic heterocycles. The second kappa shape index (κ2) is 7.47. The Bertz CT molecular complexity index is 858. The SMILES string of the molecule is CC(CCc1[nH]nc2ccccc12)N[C@H]1COC[C@H]1Oc1cnn(C)c1. The Labute approximate surface area is 152 Å². The fraction of sp³-hybridized carbons (Fsp3) is 0.474. The lowest BCUT2D eigenvalue weighted by atomic mass is 10.1. The molecule has 1 saturated heterocycles. The van der Waals surface area contributed by atoms with E-state index < -0.39 is 0 Å². The van der Waals surface area contributed by atoms with E-state index in [4.69, 9.17) is 9.47 Å². The van der Waals surface area contributed by atoms with Gasteiger partial charge in [0.2, 0.25) is 0 Å². The van der Waals surface area contributed by atoms with Gasteiger partial charge in [-0.15, -0.1) is 0 Å². The zero-order valence-corrected chi connectivity index (χ0v) is 15.2. The van der Waals surface area contributed by atoms with Crippen molar-refractivity contribution in [3.63, 3.8) is 0 Å². The quantitative estimate of drug-likeness (QED) is 0.678. The van der Waals surface area contributed by atoms with Crippen molar-refractivity contribution in [3.05, 3.63) is 42.4 Å². The van der Waals surface area contributed by atoms with Crippen LogP contribution in [0.1, 0.15) is 19.0 Å². The van der Waals surface area contributed by atoms with Gasteiger partial charge in [0.1, 0.15) is 6.10 Å². The van der Waals surface area contributed by atoms with Gasteiger partial charge < -0.3 is 14.8 Å². The van der Waals surface area contributed by atoms with Crippen LogP contribution in [0.4, 0.5) is 0 Å². The van der Waals surface area contributed by atoms with Gasteiger partial charge in [-0.3, -0.25) is 9.78 Å². The highest BCUT2D eigenvalue weighted by Crippen LogP contribution is 2.19. The van der Waals surface area contributed by atoms with E-state index in [9.17, 15) is 0 Å². The number of H-pyrrole nitrogens is 1. The van der Waals surface area contributed by atoms with Crippen molar-refractivity contribution >= 4 is 10.9 Å². The molecular formula is C19H25N5O2. The van der Waals surface area contributed by atoms with Gasteiger partial charge in [0, 0.05) is 24.2 Å². The first-order valence-electron chi connectivity index (χ1n) is 9.10. The molecule has 1 aliphatic rings. The number of aromatic nitrogens is 4. The van der Waals surface area contributed by atoms with Crippen molar-refractivity contribution < 1.29 is 9.47 Å². The molecule has 2 N–H and O–H groups in total. The van der Waals surface area contributed by atoms with Gasteiger partial charge in [-0.05, 0) is 25.8 Å². The van der Waals surface area contributed by atoms with Crippen molar-refractivity contribution in [2.75, 3.05) is 13.2 Å². The van der Waals surface area contributed by atoms with Crippen LogP contribution in [0.25, 0.3) is 10.9 Å². The second-order valence-corrected chi connectivity index (χ2v) is 6.98. The number of aromatic amines is 1. The first-order chi connectivity index (χ1) is 12.7. The molecule has 2 aromatic heterocycles. The first-order valence-corrected chi connectivity index (χ1v) is 9.10. The molecular weight excluding hydrogens is 330 g/mol. The molecule has 0 bridgehead atoms. The molecule has 1 fully saturated rings. The molecule has 3 heterocycles. The van der Waals surface area contributed by atoms with Gasteiger partial charge in [0.25, 0.3) is 0 Å². The predicted octanol–water partition coefficient (Wildman–Crippen LogP) is 2.05. The Morgan fingerprint density at radius 1 is 1.38 bits per heavy atom. The van der Waals surface area contributed by atoms with Crippen LogP contribution in [0.3, 0.4) is 0 Å². The average Bonchev–Trinajstić information content (AvgIpc) is 3.35. The Balaban J connectivity index is 1.31. The van der Waals surface area contributed by atoms with Crippen molar-refractivity contribution in [2.45, 2.75) is 38.0 Å². The minimum Gasteiger partial charge on any atom is -0.483 e. The molecule has 138 valence electrons. The van der Waals surface area contributed by atoms with Crippen LogP contribution in [0.2, 0.25) is 0 Å². The maximum Gasteiger partial charge on any atom is 0.157 e. The van der Waals surface area contributed by atoms with E-state index in [0.717, 1.165) is 24.1 Å². The summed E-state index contributed by atoms with van der Waals surface area (Å²) in [6, 6.07) is 8.76. The van der Waals surface area contributed by atoms with Crippen molar-refractivity contribution in [1.29, 1.82) is 0 Å². The van der Waals surface area contributed by atoms with Crippen molar-refractivity contribution in [3.8, 4) is 5.75 Å². The fourth-order valence-corrected chi connectivity index (χ4v) is 3.46. The lowest BCUT2D eigenvalue weighted by Crippen LogP contribution is -2.46. The van der Waals surface area contributed by atoms with Crippen LogP contribution >= 0.6 is 0 Å². The molecule has 0 amide bonds. The largest absolute Gasteiger partial charge is 0.483 e. The summed E-state index contributed by atoms with van der Waals surface area (Å²) in [5, 5.41) is 16.6. The summed E-state index contributed by atoms with van der Waals surface area (Å²) in [5.41, 5.74) is 2.22. The van der Waals surface area contributed by atoms with Crippen molar-refractivity contribution in [1.82, 2.24) is 25.3 Å². The molecule has 1 aromatic carbocycles. The molecule has 4 rings (SSSR count). The minimum absolute atomic E-state index is 0.00892. The maximum atomic E-state index is 6.03.